The maximum absolute atomic E-state index is 12.2. The van der Waals surface area contributed by atoms with E-state index in [9.17, 15) is 4.79 Å². The Hall–Kier alpha value is -1.72. The van der Waals surface area contributed by atoms with E-state index in [2.05, 4.69) is 27.4 Å². The van der Waals surface area contributed by atoms with Crippen LogP contribution in [0.15, 0.2) is 41.6 Å². The van der Waals surface area contributed by atoms with Crippen LogP contribution < -0.4 is 5.32 Å². The van der Waals surface area contributed by atoms with Crippen LogP contribution >= 0.6 is 11.8 Å². The number of carbonyl (C=O) groups is 1. The highest BCUT2D eigenvalue weighted by Gasteiger charge is 2.17. The first-order valence-electron chi connectivity index (χ1n) is 6.99. The number of nitrogens with zero attached hydrogens (tertiary/aromatic N) is 2. The molecule has 108 valence electrons. The normalized spacial score (nSPS) is 14.7. The quantitative estimate of drug-likeness (QED) is 0.858. The number of rotatable bonds is 5. The minimum atomic E-state index is 0.0543. The van der Waals surface area contributed by atoms with Crippen molar-refractivity contribution in [1.29, 1.82) is 0 Å². The van der Waals surface area contributed by atoms with E-state index in [4.69, 9.17) is 0 Å². The number of hydrogen-bond acceptors (Lipinski definition) is 5. The summed E-state index contributed by atoms with van der Waals surface area (Å²) in [5.74, 6) is 0.733. The number of thioether (sulfide) groups is 1. The van der Waals surface area contributed by atoms with Crippen LogP contribution in [0.1, 0.15) is 21.7 Å². The molecule has 4 nitrogen and oxygen atoms in total. The minimum Gasteiger partial charge on any atom is -0.314 e. The molecule has 0 bridgehead atoms. The van der Waals surface area contributed by atoms with Gasteiger partial charge in [0.2, 0.25) is 0 Å². The van der Waals surface area contributed by atoms with Gasteiger partial charge in [-0.05, 0) is 24.6 Å². The molecule has 0 unspecified atom stereocenters. The Kier molecular flexibility index (Phi) is 4.31. The first-order chi connectivity index (χ1) is 10.2. The lowest BCUT2D eigenvalue weighted by molar-refractivity contribution is 0.0992. The summed E-state index contributed by atoms with van der Waals surface area (Å²) >= 11 is 1.89. The van der Waals surface area contributed by atoms with E-state index in [-0.39, 0.29) is 5.78 Å². The van der Waals surface area contributed by atoms with Gasteiger partial charge in [-0.3, -0.25) is 4.79 Å². The van der Waals surface area contributed by atoms with Crippen molar-refractivity contribution in [2.45, 2.75) is 23.5 Å². The minimum absolute atomic E-state index is 0.0543. The molecule has 5 heteroatoms. The van der Waals surface area contributed by atoms with E-state index in [1.54, 1.807) is 12.4 Å². The maximum atomic E-state index is 12.2. The predicted molar refractivity (Wildman–Crippen MR) is 83.8 cm³/mol. The van der Waals surface area contributed by atoms with Gasteiger partial charge in [0.05, 0.1) is 5.56 Å². The van der Waals surface area contributed by atoms with Gasteiger partial charge >= 0.3 is 0 Å². The summed E-state index contributed by atoms with van der Waals surface area (Å²) in [6.45, 7) is 3.97. The van der Waals surface area contributed by atoms with E-state index in [0.29, 0.717) is 23.1 Å². The molecule has 3 rings (SSSR count). The van der Waals surface area contributed by atoms with Gasteiger partial charge in [-0.1, -0.05) is 12.1 Å². The first-order valence-corrected chi connectivity index (χ1v) is 7.87. The third-order valence-corrected chi connectivity index (χ3v) is 4.65. The van der Waals surface area contributed by atoms with Crippen molar-refractivity contribution in [2.75, 3.05) is 13.1 Å². The second-order valence-corrected chi connectivity index (χ2v) is 6.53. The lowest BCUT2D eigenvalue weighted by atomic mass is 10.1. The number of Topliss-reactive ketones (excluding diaryl/α,β-unsaturated/α-hetero) is 1. The molecule has 1 aliphatic rings. The van der Waals surface area contributed by atoms with Crippen LogP contribution in [-0.4, -0.2) is 34.1 Å². The molecule has 0 aliphatic carbocycles. The topological polar surface area (TPSA) is 54.9 Å². The summed E-state index contributed by atoms with van der Waals surface area (Å²) in [5, 5.41) is 3.95. The Bertz CT molecular complexity index is 621. The van der Waals surface area contributed by atoms with Gasteiger partial charge in [0.1, 0.15) is 5.82 Å². The first kappa shape index (κ1) is 14.2. The molecule has 21 heavy (non-hydrogen) atoms. The summed E-state index contributed by atoms with van der Waals surface area (Å²) in [6.07, 6.45) is 3.58. The molecule has 1 fully saturated rings. The summed E-state index contributed by atoms with van der Waals surface area (Å²) in [6, 6.07) is 8.25. The van der Waals surface area contributed by atoms with Gasteiger partial charge in [-0.25, -0.2) is 9.97 Å². The van der Waals surface area contributed by atoms with Crippen LogP contribution in [0.3, 0.4) is 0 Å². The number of nitrogens with one attached hydrogen (secondary N) is 1. The summed E-state index contributed by atoms with van der Waals surface area (Å²) in [4.78, 5) is 21.5. The van der Waals surface area contributed by atoms with Crippen molar-refractivity contribution in [3.05, 3.63) is 53.6 Å². The third-order valence-electron chi connectivity index (χ3n) is 3.44. The van der Waals surface area contributed by atoms with Crippen molar-refractivity contribution in [3.8, 4) is 0 Å². The number of aromatic nitrogens is 2. The van der Waals surface area contributed by atoms with E-state index in [1.807, 2.05) is 30.8 Å². The van der Waals surface area contributed by atoms with Crippen LogP contribution in [-0.2, 0) is 6.42 Å². The Labute approximate surface area is 128 Å². The fraction of sp³-hybridized carbons (Fsp3) is 0.312. The molecule has 1 N–H and O–H groups in total. The van der Waals surface area contributed by atoms with Crippen LogP contribution in [0.5, 0.6) is 0 Å². The van der Waals surface area contributed by atoms with Crippen molar-refractivity contribution in [1.82, 2.24) is 15.3 Å². The van der Waals surface area contributed by atoms with Gasteiger partial charge < -0.3 is 5.32 Å². The molecular formula is C16H17N3OS. The van der Waals surface area contributed by atoms with Crippen LogP contribution in [0, 0.1) is 6.92 Å². The van der Waals surface area contributed by atoms with Gasteiger partial charge in [-0.15, -0.1) is 11.8 Å². The zero-order chi connectivity index (χ0) is 14.7. The predicted octanol–water partition coefficient (Wildman–Crippen LogP) is 2.27. The third kappa shape index (κ3) is 3.68. The van der Waals surface area contributed by atoms with Gasteiger partial charge in [0.15, 0.2) is 5.78 Å². The molecule has 1 aromatic carbocycles. The fourth-order valence-electron chi connectivity index (χ4n) is 2.05. The Morgan fingerprint density at radius 1 is 1.24 bits per heavy atom. The highest BCUT2D eigenvalue weighted by molar-refractivity contribution is 8.00. The molecule has 0 spiro atoms. The smallest absolute Gasteiger partial charge is 0.170 e. The molecular weight excluding hydrogens is 282 g/mol. The lowest BCUT2D eigenvalue weighted by Gasteiger charge is -2.26. The van der Waals surface area contributed by atoms with Crippen molar-refractivity contribution >= 4 is 17.5 Å². The van der Waals surface area contributed by atoms with Gasteiger partial charge in [0, 0.05) is 42.0 Å². The average molecular weight is 299 g/mol. The zero-order valence-electron chi connectivity index (χ0n) is 11.9. The van der Waals surface area contributed by atoms with Crippen LogP contribution in [0.25, 0.3) is 0 Å². The molecule has 2 aromatic rings. The number of aryl methyl sites for hydroxylation is 1. The van der Waals surface area contributed by atoms with Crippen molar-refractivity contribution < 1.29 is 4.79 Å². The Morgan fingerprint density at radius 3 is 2.48 bits per heavy atom. The van der Waals surface area contributed by atoms with Crippen molar-refractivity contribution in [3.63, 3.8) is 0 Å². The van der Waals surface area contributed by atoms with Crippen LogP contribution in [0.4, 0.5) is 0 Å². The number of ketones is 1. The monoisotopic (exact) mass is 299 g/mol. The largest absolute Gasteiger partial charge is 0.314 e. The fourth-order valence-corrected chi connectivity index (χ4v) is 3.13. The molecule has 1 aliphatic heterocycles. The molecule has 0 atom stereocenters. The molecule has 2 heterocycles. The second kappa shape index (κ2) is 6.37. The summed E-state index contributed by atoms with van der Waals surface area (Å²) < 4.78 is 0. The highest BCUT2D eigenvalue weighted by Crippen LogP contribution is 2.25. The standard InChI is InChI=1S/C16H17N3OS/c1-11-18-7-13(8-19-11)16(20)6-12-2-4-14(5-3-12)21-15-9-17-10-15/h2-5,7-8,15,17H,6,9-10H2,1H3. The number of benzene rings is 1. The average Bonchev–Trinajstić information content (AvgIpc) is 2.45. The molecule has 0 radical (unpaired) electrons. The molecule has 0 saturated carbocycles. The zero-order valence-corrected chi connectivity index (χ0v) is 12.7. The number of carbonyl (C=O) groups excluding carboxylic acids is 1. The van der Waals surface area contributed by atoms with Crippen molar-refractivity contribution in [2.24, 2.45) is 0 Å². The van der Waals surface area contributed by atoms with E-state index in [1.165, 1.54) is 4.90 Å². The Balaban J connectivity index is 1.61. The summed E-state index contributed by atoms with van der Waals surface area (Å²) in [7, 11) is 0. The van der Waals surface area contributed by atoms with E-state index < -0.39 is 0 Å². The van der Waals surface area contributed by atoms with E-state index in [0.717, 1.165) is 18.7 Å². The highest BCUT2D eigenvalue weighted by atomic mass is 32.2. The summed E-state index contributed by atoms with van der Waals surface area (Å²) in [5.41, 5.74) is 1.59. The lowest BCUT2D eigenvalue weighted by Crippen LogP contribution is -2.44. The molecule has 1 saturated heterocycles. The number of hydrogen-bond donors (Lipinski definition) is 1. The second-order valence-electron chi connectivity index (χ2n) is 5.16. The van der Waals surface area contributed by atoms with Gasteiger partial charge in [-0.2, -0.15) is 0 Å². The molecule has 0 amide bonds. The molecule has 1 aromatic heterocycles. The Morgan fingerprint density at radius 2 is 1.90 bits per heavy atom. The maximum Gasteiger partial charge on any atom is 0.170 e. The van der Waals surface area contributed by atoms with Crippen LogP contribution in [0.2, 0.25) is 0 Å². The van der Waals surface area contributed by atoms with E-state index >= 15 is 0 Å². The van der Waals surface area contributed by atoms with Gasteiger partial charge in [0.25, 0.3) is 0 Å². The SMILES string of the molecule is Cc1ncc(C(=O)Cc2ccc(SC3CNC3)cc2)cn1.